The third-order valence-corrected chi connectivity index (χ3v) is 6.76. The predicted octanol–water partition coefficient (Wildman–Crippen LogP) is 4.14. The van der Waals surface area contributed by atoms with Crippen LogP contribution in [0.2, 0.25) is 0 Å². The molecular formula is C28H29FN4O2. The van der Waals surface area contributed by atoms with Gasteiger partial charge in [0.1, 0.15) is 5.82 Å². The summed E-state index contributed by atoms with van der Waals surface area (Å²) in [5, 5.41) is 2.92. The molecule has 0 saturated carbocycles. The minimum atomic E-state index is -0.514. The Hall–Kier alpha value is -3.71. The number of anilines is 3. The van der Waals surface area contributed by atoms with Crippen LogP contribution in [0.5, 0.6) is 0 Å². The lowest BCUT2D eigenvalue weighted by molar-refractivity contribution is -0.122. The van der Waals surface area contributed by atoms with E-state index in [2.05, 4.69) is 39.4 Å². The van der Waals surface area contributed by atoms with Gasteiger partial charge in [0, 0.05) is 57.1 Å². The van der Waals surface area contributed by atoms with Crippen molar-refractivity contribution in [3.8, 4) is 0 Å². The van der Waals surface area contributed by atoms with Crippen LogP contribution in [0.15, 0.2) is 78.9 Å². The van der Waals surface area contributed by atoms with Gasteiger partial charge in [0.2, 0.25) is 11.8 Å². The molecule has 1 N–H and O–H groups in total. The van der Waals surface area contributed by atoms with Crippen LogP contribution < -0.4 is 15.1 Å². The van der Waals surface area contributed by atoms with Gasteiger partial charge < -0.3 is 15.1 Å². The van der Waals surface area contributed by atoms with E-state index < -0.39 is 11.7 Å². The molecule has 0 aromatic heterocycles. The molecule has 0 aliphatic carbocycles. The molecule has 6 nitrogen and oxygen atoms in total. The van der Waals surface area contributed by atoms with Gasteiger partial charge in [0.05, 0.1) is 11.6 Å². The van der Waals surface area contributed by atoms with Crippen molar-refractivity contribution in [1.29, 1.82) is 0 Å². The van der Waals surface area contributed by atoms with Gasteiger partial charge in [-0.2, -0.15) is 0 Å². The Balaban J connectivity index is 1.13. The molecular weight excluding hydrogens is 443 g/mol. The number of benzene rings is 3. The molecule has 0 bridgehead atoms. The van der Waals surface area contributed by atoms with Crippen LogP contribution in [0.3, 0.4) is 0 Å². The third kappa shape index (κ3) is 5.35. The molecule has 2 heterocycles. The Bertz CT molecular complexity index is 1180. The van der Waals surface area contributed by atoms with Crippen molar-refractivity contribution in [2.24, 2.45) is 5.92 Å². The standard InChI is InChI=1S/C28H29FN4O2/c29-25-8-4-5-9-26(25)33-20-22(18-27(33)34)28(35)30-23-10-12-24(13-11-23)32-16-14-31(15-17-32)19-21-6-2-1-3-7-21/h1-13,22H,14-20H2,(H,30,35)/t22-/m0/s1. The van der Waals surface area contributed by atoms with E-state index in [1.165, 1.54) is 16.5 Å². The molecule has 0 radical (unpaired) electrons. The van der Waals surface area contributed by atoms with E-state index in [9.17, 15) is 14.0 Å². The van der Waals surface area contributed by atoms with Gasteiger partial charge in [0.25, 0.3) is 0 Å². The lowest BCUT2D eigenvalue weighted by atomic mass is 10.1. The van der Waals surface area contributed by atoms with Crippen LogP contribution in [0.25, 0.3) is 0 Å². The van der Waals surface area contributed by atoms with E-state index in [-0.39, 0.29) is 30.5 Å². The summed E-state index contributed by atoms with van der Waals surface area (Å²) in [4.78, 5) is 31.4. The summed E-state index contributed by atoms with van der Waals surface area (Å²) in [7, 11) is 0. The van der Waals surface area contributed by atoms with Crippen LogP contribution in [0, 0.1) is 11.7 Å². The number of piperazine rings is 1. The average molecular weight is 473 g/mol. The highest BCUT2D eigenvalue weighted by Gasteiger charge is 2.36. The van der Waals surface area contributed by atoms with Crippen molar-refractivity contribution in [3.63, 3.8) is 0 Å². The summed E-state index contributed by atoms with van der Waals surface area (Å²) in [6, 6.07) is 24.5. The van der Waals surface area contributed by atoms with Gasteiger partial charge in [-0.1, -0.05) is 42.5 Å². The zero-order valence-corrected chi connectivity index (χ0v) is 19.6. The summed E-state index contributed by atoms with van der Waals surface area (Å²) >= 11 is 0. The first-order chi connectivity index (χ1) is 17.1. The predicted molar refractivity (Wildman–Crippen MR) is 136 cm³/mol. The first kappa shape index (κ1) is 23.1. The summed E-state index contributed by atoms with van der Waals surface area (Å²) in [5.74, 6) is -1.44. The lowest BCUT2D eigenvalue weighted by Gasteiger charge is -2.36. The Kier molecular flexibility index (Phi) is 6.77. The number of nitrogens with one attached hydrogen (secondary N) is 1. The lowest BCUT2D eigenvalue weighted by Crippen LogP contribution is -2.45. The SMILES string of the molecule is O=C(Nc1ccc(N2CCN(Cc3ccccc3)CC2)cc1)[C@H]1CC(=O)N(c2ccccc2F)C1. The van der Waals surface area contributed by atoms with E-state index in [1.54, 1.807) is 18.2 Å². The molecule has 1 atom stereocenters. The first-order valence-corrected chi connectivity index (χ1v) is 12.0. The van der Waals surface area contributed by atoms with Gasteiger partial charge >= 0.3 is 0 Å². The van der Waals surface area contributed by atoms with E-state index in [0.717, 1.165) is 38.4 Å². The quantitative estimate of drug-likeness (QED) is 0.586. The number of amides is 2. The molecule has 5 rings (SSSR count). The normalized spacial score (nSPS) is 18.7. The first-order valence-electron chi connectivity index (χ1n) is 12.0. The maximum Gasteiger partial charge on any atom is 0.229 e. The number of halogens is 1. The summed E-state index contributed by atoms with van der Waals surface area (Å²) in [6.07, 6.45) is 0.0749. The molecule has 3 aromatic rings. The van der Waals surface area contributed by atoms with Gasteiger partial charge in [-0.25, -0.2) is 4.39 Å². The molecule has 2 aliphatic heterocycles. The monoisotopic (exact) mass is 472 g/mol. The van der Waals surface area contributed by atoms with Crippen LogP contribution in [0.4, 0.5) is 21.5 Å². The number of carbonyl (C=O) groups excluding carboxylic acids is 2. The topological polar surface area (TPSA) is 55.9 Å². The molecule has 0 spiro atoms. The number of carbonyl (C=O) groups is 2. The van der Waals surface area contributed by atoms with Crippen molar-refractivity contribution < 1.29 is 14.0 Å². The molecule has 3 aromatic carbocycles. The molecule has 0 unspecified atom stereocenters. The highest BCUT2D eigenvalue weighted by atomic mass is 19.1. The Morgan fingerprint density at radius 2 is 1.57 bits per heavy atom. The number of nitrogens with zero attached hydrogens (tertiary/aromatic N) is 3. The van der Waals surface area contributed by atoms with Gasteiger partial charge in [-0.05, 0) is 42.0 Å². The van der Waals surface area contributed by atoms with E-state index in [4.69, 9.17) is 0 Å². The highest BCUT2D eigenvalue weighted by molar-refractivity contribution is 6.03. The van der Waals surface area contributed by atoms with Crippen molar-refractivity contribution in [2.45, 2.75) is 13.0 Å². The van der Waals surface area contributed by atoms with Crippen LogP contribution in [-0.4, -0.2) is 49.4 Å². The van der Waals surface area contributed by atoms with Crippen molar-refractivity contribution in [2.75, 3.05) is 47.8 Å². The fourth-order valence-electron chi connectivity index (χ4n) is 4.79. The van der Waals surface area contributed by atoms with Crippen LogP contribution in [0.1, 0.15) is 12.0 Å². The minimum Gasteiger partial charge on any atom is -0.369 e. The minimum absolute atomic E-state index is 0.0749. The number of hydrogen-bond acceptors (Lipinski definition) is 4. The number of hydrogen-bond donors (Lipinski definition) is 1. The maximum atomic E-state index is 14.1. The van der Waals surface area contributed by atoms with Crippen molar-refractivity contribution in [3.05, 3.63) is 90.2 Å². The molecule has 35 heavy (non-hydrogen) atoms. The maximum absolute atomic E-state index is 14.1. The van der Waals surface area contributed by atoms with E-state index >= 15 is 0 Å². The summed E-state index contributed by atoms with van der Waals surface area (Å²) < 4.78 is 14.1. The van der Waals surface area contributed by atoms with Gasteiger partial charge in [-0.15, -0.1) is 0 Å². The summed E-state index contributed by atoms with van der Waals surface area (Å²) in [6.45, 7) is 5.06. The van der Waals surface area contributed by atoms with Crippen molar-refractivity contribution in [1.82, 2.24) is 4.90 Å². The average Bonchev–Trinajstić information content (AvgIpc) is 3.27. The second-order valence-corrected chi connectivity index (χ2v) is 9.14. The van der Waals surface area contributed by atoms with E-state index in [0.29, 0.717) is 5.69 Å². The van der Waals surface area contributed by atoms with Crippen LogP contribution >= 0.6 is 0 Å². The molecule has 7 heteroatoms. The Morgan fingerprint density at radius 1 is 0.886 bits per heavy atom. The largest absolute Gasteiger partial charge is 0.369 e. The molecule has 2 aliphatic rings. The third-order valence-electron chi connectivity index (χ3n) is 6.76. The molecule has 2 saturated heterocycles. The van der Waals surface area contributed by atoms with Crippen molar-refractivity contribution >= 4 is 28.9 Å². The van der Waals surface area contributed by atoms with Crippen LogP contribution in [-0.2, 0) is 16.1 Å². The molecule has 2 fully saturated rings. The fourth-order valence-corrected chi connectivity index (χ4v) is 4.79. The Morgan fingerprint density at radius 3 is 2.29 bits per heavy atom. The smallest absolute Gasteiger partial charge is 0.229 e. The molecule has 180 valence electrons. The summed E-state index contributed by atoms with van der Waals surface area (Å²) in [5.41, 5.74) is 3.38. The zero-order chi connectivity index (χ0) is 24.2. The second-order valence-electron chi connectivity index (χ2n) is 9.14. The molecule has 2 amide bonds. The van der Waals surface area contributed by atoms with Gasteiger partial charge in [-0.3, -0.25) is 14.5 Å². The van der Waals surface area contributed by atoms with Gasteiger partial charge in [0.15, 0.2) is 0 Å². The highest BCUT2D eigenvalue weighted by Crippen LogP contribution is 2.28. The Labute approximate surface area is 205 Å². The zero-order valence-electron chi connectivity index (χ0n) is 19.6. The second kappa shape index (κ2) is 10.3. The van der Waals surface area contributed by atoms with E-state index in [1.807, 2.05) is 30.3 Å². The number of rotatable bonds is 6. The number of para-hydroxylation sites is 1. The fraction of sp³-hybridized carbons (Fsp3) is 0.286.